The predicted molar refractivity (Wildman–Crippen MR) is 148 cm³/mol. The Labute approximate surface area is 215 Å². The van der Waals surface area contributed by atoms with E-state index in [4.69, 9.17) is 0 Å². The van der Waals surface area contributed by atoms with Crippen LogP contribution in [0.25, 0.3) is 11.1 Å². The van der Waals surface area contributed by atoms with Gasteiger partial charge in [0.25, 0.3) is 0 Å². The summed E-state index contributed by atoms with van der Waals surface area (Å²) in [5, 5.41) is 2.17. The molecule has 0 N–H and O–H groups in total. The molecule has 2 aromatic carbocycles. The third-order valence-electron chi connectivity index (χ3n) is 6.10. The van der Waals surface area contributed by atoms with Crippen molar-refractivity contribution >= 4 is 13.2 Å². The summed E-state index contributed by atoms with van der Waals surface area (Å²) in [7, 11) is -0.840. The van der Waals surface area contributed by atoms with Crippen molar-refractivity contribution in [2.45, 2.75) is 111 Å². The Bertz CT molecular complexity index is 820. The van der Waals surface area contributed by atoms with E-state index in [9.17, 15) is 0 Å². The van der Waals surface area contributed by atoms with Crippen LogP contribution >= 0.6 is 7.92 Å². The molecule has 0 radical (unpaired) electrons. The van der Waals surface area contributed by atoms with Gasteiger partial charge in [-0.1, -0.05) is 71.9 Å². The summed E-state index contributed by atoms with van der Waals surface area (Å²) >= 11 is 0. The number of rotatable bonds is 5. The van der Waals surface area contributed by atoms with E-state index in [1.165, 1.54) is 27.8 Å². The minimum absolute atomic E-state index is 0. The number of hydrogen-bond donors (Lipinski definition) is 0. The Morgan fingerprint density at radius 1 is 0.656 bits per heavy atom. The topological polar surface area (TPSA) is 0 Å². The normalized spacial score (nSPS) is 12.4. The van der Waals surface area contributed by atoms with Crippen LogP contribution in [0.3, 0.4) is 0 Å². The van der Waals surface area contributed by atoms with Crippen molar-refractivity contribution in [2.75, 3.05) is 0 Å². The molecule has 0 heterocycles. The molecule has 0 saturated heterocycles. The van der Waals surface area contributed by atoms with Gasteiger partial charge >= 0.3 is 20.4 Å². The Balaban J connectivity index is 0.00000480. The fraction of sp³-hybridized carbons (Fsp3) is 0.567. The van der Waals surface area contributed by atoms with Crippen molar-refractivity contribution in [3.05, 3.63) is 60.5 Å². The molecule has 2 aromatic rings. The molecule has 0 spiro atoms. The first-order valence-corrected chi connectivity index (χ1v) is 13.3. The van der Waals surface area contributed by atoms with E-state index in [-0.39, 0.29) is 38.2 Å². The summed E-state index contributed by atoms with van der Waals surface area (Å²) in [5.74, 6) is 1.56. The molecule has 182 valence electrons. The number of hydrogen-bond acceptors (Lipinski definition) is 0. The maximum Gasteiger partial charge on any atom is 2.00 e. The standard InChI is InChI=1S/C29H45P.CH3.Pd/c1-19(2)22-17-24(20(3)4)27(25(18-22)21(5)6)23-15-13-14-16-26(23)30(28(7,8)9)29(10,11)12;;/h13-21H,1-12H3;1H3;/q;-1;+2/p+1. The monoisotopic (exact) mass is 546 g/mol. The molecule has 0 unspecified atom stereocenters. The van der Waals surface area contributed by atoms with Gasteiger partial charge < -0.3 is 7.43 Å². The van der Waals surface area contributed by atoms with Gasteiger partial charge in [-0.25, -0.2) is 0 Å². The van der Waals surface area contributed by atoms with Gasteiger partial charge in [0, 0.05) is 13.5 Å². The largest absolute Gasteiger partial charge is 2.00 e. The van der Waals surface area contributed by atoms with Crippen LogP contribution in [-0.4, -0.2) is 10.3 Å². The fourth-order valence-corrected chi connectivity index (χ4v) is 9.73. The van der Waals surface area contributed by atoms with Gasteiger partial charge in [-0.05, 0) is 87.6 Å². The quantitative estimate of drug-likeness (QED) is 0.199. The molecule has 0 aliphatic heterocycles. The minimum atomic E-state index is -0.840. The third-order valence-corrected chi connectivity index (χ3v) is 10.1. The van der Waals surface area contributed by atoms with Gasteiger partial charge in [0.05, 0.1) is 10.3 Å². The van der Waals surface area contributed by atoms with Crippen LogP contribution in [0.5, 0.6) is 0 Å². The van der Waals surface area contributed by atoms with Gasteiger partial charge in [-0.2, -0.15) is 0 Å². The summed E-state index contributed by atoms with van der Waals surface area (Å²) in [6.07, 6.45) is 0. The Hall–Kier alpha value is -0.468. The molecule has 0 saturated carbocycles. The Morgan fingerprint density at radius 3 is 1.41 bits per heavy atom. The first kappa shape index (κ1) is 31.5. The average Bonchev–Trinajstić information content (AvgIpc) is 2.58. The molecule has 0 atom stereocenters. The summed E-state index contributed by atoms with van der Waals surface area (Å²) in [4.78, 5) is 0. The Morgan fingerprint density at radius 2 is 1.06 bits per heavy atom. The smallest absolute Gasteiger partial charge is 0.358 e. The second-order valence-electron chi connectivity index (χ2n) is 12.0. The van der Waals surface area contributed by atoms with E-state index in [1.54, 1.807) is 5.30 Å². The van der Waals surface area contributed by atoms with Crippen molar-refractivity contribution < 1.29 is 20.4 Å². The van der Waals surface area contributed by atoms with Crippen LogP contribution in [-0.2, 0) is 20.4 Å². The molecule has 0 aromatic heterocycles. The fourth-order valence-electron chi connectivity index (χ4n) is 5.12. The molecule has 0 bridgehead atoms. The zero-order valence-electron chi connectivity index (χ0n) is 23.0. The van der Waals surface area contributed by atoms with Gasteiger partial charge in [0.2, 0.25) is 0 Å². The van der Waals surface area contributed by atoms with Crippen molar-refractivity contribution in [3.8, 4) is 11.1 Å². The molecular formula is C30H49PPd+2. The van der Waals surface area contributed by atoms with Gasteiger partial charge in [-0.15, -0.1) is 0 Å². The van der Waals surface area contributed by atoms with Crippen molar-refractivity contribution in [1.29, 1.82) is 0 Å². The molecule has 2 rings (SSSR count). The zero-order valence-corrected chi connectivity index (χ0v) is 25.6. The molecule has 0 amide bonds. The zero-order chi connectivity index (χ0) is 23.0. The van der Waals surface area contributed by atoms with Crippen LogP contribution in [0.1, 0.15) is 118 Å². The molecule has 2 heteroatoms. The summed E-state index contributed by atoms with van der Waals surface area (Å²) < 4.78 is 0. The first-order valence-electron chi connectivity index (χ1n) is 11.8. The van der Waals surface area contributed by atoms with Crippen LogP contribution < -0.4 is 5.30 Å². The molecule has 0 nitrogen and oxygen atoms in total. The van der Waals surface area contributed by atoms with E-state index >= 15 is 0 Å². The summed E-state index contributed by atoms with van der Waals surface area (Å²) in [6.45, 7) is 28.7. The van der Waals surface area contributed by atoms with Crippen LogP contribution in [0.15, 0.2) is 36.4 Å². The molecule has 0 aliphatic carbocycles. The average molecular weight is 547 g/mol. The Kier molecular flexibility index (Phi) is 11.6. The first-order chi connectivity index (χ1) is 13.7. The van der Waals surface area contributed by atoms with Crippen LogP contribution in [0, 0.1) is 7.43 Å². The third kappa shape index (κ3) is 7.02. The van der Waals surface area contributed by atoms with Crippen LogP contribution in [0.4, 0.5) is 0 Å². The van der Waals surface area contributed by atoms with Gasteiger partial charge in [-0.3, -0.25) is 0 Å². The van der Waals surface area contributed by atoms with Gasteiger partial charge in [0.15, 0.2) is 0 Å². The van der Waals surface area contributed by atoms with Crippen LogP contribution in [0.2, 0.25) is 0 Å². The summed E-state index contributed by atoms with van der Waals surface area (Å²) in [5.41, 5.74) is 7.50. The van der Waals surface area contributed by atoms with Crippen molar-refractivity contribution in [2.24, 2.45) is 0 Å². The molecular weight excluding hydrogens is 498 g/mol. The van der Waals surface area contributed by atoms with E-state index in [2.05, 4.69) is 119 Å². The summed E-state index contributed by atoms with van der Waals surface area (Å²) in [6, 6.07) is 14.3. The van der Waals surface area contributed by atoms with Crippen molar-refractivity contribution in [1.82, 2.24) is 0 Å². The van der Waals surface area contributed by atoms with E-state index in [1.807, 2.05) is 0 Å². The van der Waals surface area contributed by atoms with E-state index in [0.29, 0.717) is 17.8 Å². The maximum absolute atomic E-state index is 2.49. The van der Waals surface area contributed by atoms with Crippen molar-refractivity contribution in [3.63, 3.8) is 0 Å². The van der Waals surface area contributed by atoms with E-state index in [0.717, 1.165) is 0 Å². The SMILES string of the molecule is CC(C)c1cc(C(C)C)c(-c2ccccc2[PH+](C(C)(C)C)C(C)(C)C)c(C(C)C)c1.[CH3-].[Pd+2]. The minimum Gasteiger partial charge on any atom is -0.358 e. The number of benzene rings is 2. The van der Waals surface area contributed by atoms with Gasteiger partial charge in [0.1, 0.15) is 5.30 Å². The molecule has 0 fully saturated rings. The predicted octanol–water partition coefficient (Wildman–Crippen LogP) is 9.61. The second kappa shape index (κ2) is 11.8. The van der Waals surface area contributed by atoms with E-state index < -0.39 is 7.92 Å². The molecule has 0 aliphatic rings. The molecule has 32 heavy (non-hydrogen) atoms. The second-order valence-corrected chi connectivity index (χ2v) is 16.2. The maximum atomic E-state index is 2.49.